The first-order valence-corrected chi connectivity index (χ1v) is 10.2. The Morgan fingerprint density at radius 2 is 2.04 bits per heavy atom. The molecular weight excluding hydrogens is 415 g/mol. The van der Waals surface area contributed by atoms with Crippen LogP contribution in [0.4, 0.5) is 5.69 Å². The summed E-state index contributed by atoms with van der Waals surface area (Å²) >= 11 is 13.9. The van der Waals surface area contributed by atoms with Gasteiger partial charge in [0.15, 0.2) is 4.96 Å². The molecule has 0 spiro atoms. The molecule has 0 aliphatic carbocycles. The van der Waals surface area contributed by atoms with Crippen LogP contribution in [0.25, 0.3) is 4.96 Å². The van der Waals surface area contributed by atoms with E-state index in [1.54, 1.807) is 52.9 Å². The summed E-state index contributed by atoms with van der Waals surface area (Å²) in [4.78, 5) is 24.7. The van der Waals surface area contributed by atoms with E-state index in [0.717, 1.165) is 21.9 Å². The molecule has 0 bridgehead atoms. The van der Waals surface area contributed by atoms with E-state index < -0.39 is 0 Å². The molecule has 1 aromatic carbocycles. The van der Waals surface area contributed by atoms with Gasteiger partial charge in [-0.3, -0.25) is 14.2 Å². The fraction of sp³-hybridized carbons (Fsp3) is 0.150. The number of pyridine rings is 1. The summed E-state index contributed by atoms with van der Waals surface area (Å²) in [6, 6.07) is 6.93. The maximum absolute atomic E-state index is 13.5. The third kappa shape index (κ3) is 3.39. The number of halogens is 2. The second-order valence-corrected chi connectivity index (χ2v) is 8.07. The number of anilines is 1. The largest absolute Gasteiger partial charge is 0.302 e. The molecule has 8 heteroatoms. The lowest BCUT2D eigenvalue weighted by atomic mass is 10.1. The van der Waals surface area contributed by atoms with Gasteiger partial charge in [0.25, 0.3) is 5.91 Å². The monoisotopic (exact) mass is 430 g/mol. The van der Waals surface area contributed by atoms with Gasteiger partial charge >= 0.3 is 0 Å². The second-order valence-electron chi connectivity index (χ2n) is 6.38. The van der Waals surface area contributed by atoms with Gasteiger partial charge in [-0.05, 0) is 43.7 Å². The van der Waals surface area contributed by atoms with Crippen molar-refractivity contribution in [3.63, 3.8) is 0 Å². The highest BCUT2D eigenvalue weighted by Crippen LogP contribution is 2.30. The van der Waals surface area contributed by atoms with Crippen LogP contribution in [0.15, 0.2) is 48.2 Å². The van der Waals surface area contributed by atoms with E-state index >= 15 is 0 Å². The minimum atomic E-state index is -0.136. The lowest BCUT2D eigenvalue weighted by Gasteiger charge is -2.24. The molecule has 4 aromatic rings. The van der Waals surface area contributed by atoms with E-state index in [0.29, 0.717) is 27.8 Å². The SMILES string of the molecule is Cc1cnccc1C(=O)N(Cc1c(C)nc2sccn12)c1ccc(Cl)c(Cl)c1. The van der Waals surface area contributed by atoms with Crippen molar-refractivity contribution in [3.05, 3.63) is 80.8 Å². The fourth-order valence-electron chi connectivity index (χ4n) is 3.07. The number of hydrogen-bond acceptors (Lipinski definition) is 4. The lowest BCUT2D eigenvalue weighted by molar-refractivity contribution is 0.0984. The van der Waals surface area contributed by atoms with Crippen molar-refractivity contribution in [1.82, 2.24) is 14.4 Å². The highest BCUT2D eigenvalue weighted by molar-refractivity contribution is 7.15. The summed E-state index contributed by atoms with van der Waals surface area (Å²) in [6.07, 6.45) is 5.26. The van der Waals surface area contributed by atoms with E-state index in [4.69, 9.17) is 23.2 Å². The molecule has 1 amide bonds. The first-order chi connectivity index (χ1) is 13.5. The minimum absolute atomic E-state index is 0.136. The van der Waals surface area contributed by atoms with Crippen molar-refractivity contribution >= 4 is 51.1 Å². The Labute approximate surface area is 176 Å². The predicted octanol–water partition coefficient (Wildman–Crippen LogP) is 5.56. The number of carbonyl (C=O) groups is 1. The van der Waals surface area contributed by atoms with Crippen molar-refractivity contribution in [2.45, 2.75) is 20.4 Å². The normalized spacial score (nSPS) is 11.1. The Balaban J connectivity index is 1.82. The van der Waals surface area contributed by atoms with Crippen LogP contribution in [0.3, 0.4) is 0 Å². The molecule has 0 atom stereocenters. The number of aromatic nitrogens is 3. The zero-order chi connectivity index (χ0) is 19.8. The number of benzene rings is 1. The van der Waals surface area contributed by atoms with Gasteiger partial charge in [0.1, 0.15) is 0 Å². The van der Waals surface area contributed by atoms with Crippen LogP contribution < -0.4 is 4.90 Å². The standard InChI is InChI=1S/C20H16Cl2N4OS/c1-12-10-23-6-5-15(12)19(27)26(14-3-4-16(21)17(22)9-14)11-18-13(2)24-20-25(18)7-8-28-20/h3-10H,11H2,1-2H3. The summed E-state index contributed by atoms with van der Waals surface area (Å²) < 4.78 is 2.01. The topological polar surface area (TPSA) is 50.5 Å². The number of imidazole rings is 1. The molecule has 0 radical (unpaired) electrons. The van der Waals surface area contributed by atoms with Gasteiger partial charge in [-0.1, -0.05) is 23.2 Å². The molecule has 3 aromatic heterocycles. The summed E-state index contributed by atoms with van der Waals surface area (Å²) in [7, 11) is 0. The molecule has 0 aliphatic heterocycles. The molecule has 5 nitrogen and oxygen atoms in total. The molecule has 4 rings (SSSR count). The summed E-state index contributed by atoms with van der Waals surface area (Å²) in [6.45, 7) is 4.17. The van der Waals surface area contributed by atoms with E-state index in [2.05, 4.69) is 9.97 Å². The predicted molar refractivity (Wildman–Crippen MR) is 114 cm³/mol. The summed E-state index contributed by atoms with van der Waals surface area (Å²) in [5.41, 5.74) is 3.90. The molecule has 0 N–H and O–H groups in total. The number of thiazole rings is 1. The van der Waals surface area contributed by atoms with Crippen LogP contribution in [0.2, 0.25) is 10.0 Å². The van der Waals surface area contributed by atoms with Gasteiger partial charge in [-0.25, -0.2) is 4.98 Å². The van der Waals surface area contributed by atoms with Gasteiger partial charge in [0, 0.05) is 35.2 Å². The van der Waals surface area contributed by atoms with Crippen LogP contribution in [0.5, 0.6) is 0 Å². The lowest BCUT2D eigenvalue weighted by Crippen LogP contribution is -2.31. The Kier molecular flexibility index (Phi) is 5.10. The third-order valence-electron chi connectivity index (χ3n) is 4.58. The molecule has 142 valence electrons. The summed E-state index contributed by atoms with van der Waals surface area (Å²) in [5, 5.41) is 2.82. The van der Waals surface area contributed by atoms with Crippen LogP contribution >= 0.6 is 34.5 Å². The maximum atomic E-state index is 13.5. The van der Waals surface area contributed by atoms with Crippen molar-refractivity contribution in [1.29, 1.82) is 0 Å². The van der Waals surface area contributed by atoms with Crippen molar-refractivity contribution < 1.29 is 4.79 Å². The Hall–Kier alpha value is -2.41. The maximum Gasteiger partial charge on any atom is 0.259 e. The smallest absolute Gasteiger partial charge is 0.259 e. The van der Waals surface area contributed by atoms with Crippen molar-refractivity contribution in [2.24, 2.45) is 0 Å². The molecule has 0 saturated heterocycles. The first-order valence-electron chi connectivity index (χ1n) is 8.54. The van der Waals surface area contributed by atoms with E-state index in [-0.39, 0.29) is 5.91 Å². The van der Waals surface area contributed by atoms with Crippen LogP contribution in [0.1, 0.15) is 27.3 Å². The van der Waals surface area contributed by atoms with Gasteiger partial charge in [-0.15, -0.1) is 11.3 Å². The molecule has 28 heavy (non-hydrogen) atoms. The fourth-order valence-corrected chi connectivity index (χ4v) is 4.14. The average Bonchev–Trinajstić information content (AvgIpc) is 3.23. The van der Waals surface area contributed by atoms with E-state index in [1.165, 1.54) is 0 Å². The number of fused-ring (bicyclic) bond motifs is 1. The van der Waals surface area contributed by atoms with Crippen LogP contribution in [-0.2, 0) is 6.54 Å². The van der Waals surface area contributed by atoms with Gasteiger partial charge in [0.2, 0.25) is 0 Å². The quantitative estimate of drug-likeness (QED) is 0.425. The van der Waals surface area contributed by atoms with Gasteiger partial charge < -0.3 is 4.90 Å². The molecular formula is C20H16Cl2N4OS. The van der Waals surface area contributed by atoms with Crippen molar-refractivity contribution in [3.8, 4) is 0 Å². The highest BCUT2D eigenvalue weighted by Gasteiger charge is 2.23. The number of carbonyl (C=O) groups excluding carboxylic acids is 1. The second kappa shape index (κ2) is 7.54. The van der Waals surface area contributed by atoms with Crippen molar-refractivity contribution in [2.75, 3.05) is 4.90 Å². The number of nitrogens with zero attached hydrogens (tertiary/aromatic N) is 4. The number of aryl methyl sites for hydroxylation is 2. The van der Waals surface area contributed by atoms with Crippen LogP contribution in [-0.4, -0.2) is 20.3 Å². The van der Waals surface area contributed by atoms with E-state index in [1.807, 2.05) is 29.8 Å². The van der Waals surface area contributed by atoms with Gasteiger partial charge in [0.05, 0.1) is 28.0 Å². The number of hydrogen-bond donors (Lipinski definition) is 0. The molecule has 0 unspecified atom stereocenters. The number of amides is 1. The van der Waals surface area contributed by atoms with Crippen LogP contribution in [0, 0.1) is 13.8 Å². The highest BCUT2D eigenvalue weighted by atomic mass is 35.5. The first kappa shape index (κ1) is 18.9. The molecule has 0 aliphatic rings. The Bertz CT molecular complexity index is 1180. The van der Waals surface area contributed by atoms with E-state index in [9.17, 15) is 4.79 Å². The molecule has 0 saturated carbocycles. The zero-order valence-corrected chi connectivity index (χ0v) is 17.5. The molecule has 3 heterocycles. The average molecular weight is 431 g/mol. The molecule has 0 fully saturated rings. The van der Waals surface area contributed by atoms with Gasteiger partial charge in [-0.2, -0.15) is 0 Å². The minimum Gasteiger partial charge on any atom is -0.302 e. The summed E-state index contributed by atoms with van der Waals surface area (Å²) in [5.74, 6) is -0.136. The Morgan fingerprint density at radius 3 is 2.79 bits per heavy atom. The zero-order valence-electron chi connectivity index (χ0n) is 15.2. The Morgan fingerprint density at radius 1 is 1.21 bits per heavy atom. The number of rotatable bonds is 4. The third-order valence-corrected chi connectivity index (χ3v) is 6.08.